The van der Waals surface area contributed by atoms with Gasteiger partial charge in [-0.1, -0.05) is 54.6 Å². The van der Waals surface area contributed by atoms with Gasteiger partial charge in [-0.15, -0.1) is 0 Å². The average Bonchev–Trinajstić information content (AvgIpc) is 2.91. The van der Waals surface area contributed by atoms with Crippen LogP contribution in [0.2, 0.25) is 0 Å². The van der Waals surface area contributed by atoms with Crippen molar-refractivity contribution in [3.63, 3.8) is 0 Å². The smallest absolute Gasteiger partial charge is 0.336 e. The quantitative estimate of drug-likeness (QED) is 0.596. The molecule has 0 unspecified atom stereocenters. The fourth-order valence-corrected chi connectivity index (χ4v) is 4.35. The van der Waals surface area contributed by atoms with Gasteiger partial charge in [-0.25, -0.2) is 4.79 Å². The maximum Gasteiger partial charge on any atom is 0.336 e. The van der Waals surface area contributed by atoms with Crippen LogP contribution in [0.1, 0.15) is 33.5 Å². The summed E-state index contributed by atoms with van der Waals surface area (Å²) < 4.78 is 0. The molecule has 0 atom stereocenters. The molecule has 0 saturated heterocycles. The van der Waals surface area contributed by atoms with Gasteiger partial charge in [0.2, 0.25) is 0 Å². The van der Waals surface area contributed by atoms with Gasteiger partial charge in [0.1, 0.15) is 0 Å². The van der Waals surface area contributed by atoms with Crippen LogP contribution in [0.4, 0.5) is 11.4 Å². The van der Waals surface area contributed by atoms with Crippen LogP contribution in [-0.4, -0.2) is 36.1 Å². The van der Waals surface area contributed by atoms with Crippen LogP contribution >= 0.6 is 0 Å². The molecule has 0 fully saturated rings. The SMILES string of the molecule is CN(CCCN1c2ccccc2CCc2ccccc21)Cc1ccccc1C(=O)O. The minimum absolute atomic E-state index is 0.389. The van der Waals surface area contributed by atoms with E-state index >= 15 is 0 Å². The van der Waals surface area contributed by atoms with E-state index < -0.39 is 5.97 Å². The Morgan fingerprint density at radius 2 is 1.47 bits per heavy atom. The van der Waals surface area contributed by atoms with Crippen molar-refractivity contribution in [3.05, 3.63) is 95.1 Å². The van der Waals surface area contributed by atoms with E-state index in [0.717, 1.165) is 37.9 Å². The molecule has 1 heterocycles. The molecule has 3 aromatic rings. The molecular weight excluding hydrogens is 372 g/mol. The van der Waals surface area contributed by atoms with Gasteiger partial charge >= 0.3 is 5.97 Å². The zero-order chi connectivity index (χ0) is 20.9. The fraction of sp³-hybridized carbons (Fsp3) is 0.269. The molecule has 4 nitrogen and oxygen atoms in total. The summed E-state index contributed by atoms with van der Waals surface area (Å²) in [4.78, 5) is 16.1. The second-order valence-corrected chi connectivity index (χ2v) is 7.96. The molecule has 0 saturated carbocycles. The Hall–Kier alpha value is -3.11. The minimum atomic E-state index is -0.864. The summed E-state index contributed by atoms with van der Waals surface area (Å²) in [6.07, 6.45) is 3.12. The molecule has 4 rings (SSSR count). The van der Waals surface area contributed by atoms with Crippen molar-refractivity contribution in [2.45, 2.75) is 25.8 Å². The molecular formula is C26H28N2O2. The first-order valence-electron chi connectivity index (χ1n) is 10.6. The molecule has 30 heavy (non-hydrogen) atoms. The van der Waals surface area contributed by atoms with Gasteiger partial charge in [0.25, 0.3) is 0 Å². The Bertz CT molecular complexity index is 983. The molecule has 0 aliphatic carbocycles. The van der Waals surface area contributed by atoms with E-state index in [-0.39, 0.29) is 0 Å². The highest BCUT2D eigenvalue weighted by Gasteiger charge is 2.20. The molecule has 0 spiro atoms. The third-order valence-electron chi connectivity index (χ3n) is 5.84. The molecule has 0 radical (unpaired) electrons. The molecule has 0 bridgehead atoms. The number of aromatic carboxylic acids is 1. The summed E-state index contributed by atoms with van der Waals surface area (Å²) >= 11 is 0. The van der Waals surface area contributed by atoms with Gasteiger partial charge in [-0.2, -0.15) is 0 Å². The summed E-state index contributed by atoms with van der Waals surface area (Å²) in [6, 6.07) is 24.7. The van der Waals surface area contributed by atoms with E-state index in [0.29, 0.717) is 12.1 Å². The molecule has 4 heteroatoms. The lowest BCUT2D eigenvalue weighted by molar-refractivity contribution is 0.0694. The molecule has 3 aromatic carbocycles. The van der Waals surface area contributed by atoms with Crippen molar-refractivity contribution >= 4 is 17.3 Å². The van der Waals surface area contributed by atoms with E-state index in [2.05, 4.69) is 65.4 Å². The zero-order valence-electron chi connectivity index (χ0n) is 17.4. The predicted molar refractivity (Wildman–Crippen MR) is 122 cm³/mol. The summed E-state index contributed by atoms with van der Waals surface area (Å²) in [5.74, 6) is -0.864. The number of rotatable bonds is 7. The Morgan fingerprint density at radius 1 is 0.900 bits per heavy atom. The number of carboxylic acid groups (broad SMARTS) is 1. The number of aryl methyl sites for hydroxylation is 2. The van der Waals surface area contributed by atoms with E-state index in [1.54, 1.807) is 12.1 Å². The molecule has 0 amide bonds. The topological polar surface area (TPSA) is 43.8 Å². The number of para-hydroxylation sites is 2. The second kappa shape index (κ2) is 9.14. The van der Waals surface area contributed by atoms with E-state index in [4.69, 9.17) is 0 Å². The lowest BCUT2D eigenvalue weighted by atomic mass is 10.0. The lowest BCUT2D eigenvalue weighted by Crippen LogP contribution is -2.26. The first-order valence-corrected chi connectivity index (χ1v) is 10.6. The van der Waals surface area contributed by atoms with Crippen molar-refractivity contribution in [1.82, 2.24) is 4.90 Å². The van der Waals surface area contributed by atoms with Crippen LogP contribution in [0.3, 0.4) is 0 Å². The number of carbonyl (C=O) groups is 1. The Morgan fingerprint density at radius 3 is 2.10 bits per heavy atom. The lowest BCUT2D eigenvalue weighted by Gasteiger charge is -2.28. The van der Waals surface area contributed by atoms with Gasteiger partial charge in [0.05, 0.1) is 5.56 Å². The van der Waals surface area contributed by atoms with Crippen LogP contribution in [0, 0.1) is 0 Å². The standard InChI is InChI=1S/C26H28N2O2/c1-27(19-22-11-2-5-12-23(22)26(29)30)17-8-18-28-24-13-6-3-9-20(24)15-16-21-10-4-7-14-25(21)28/h2-7,9-14H,8,15-19H2,1H3,(H,29,30). The number of benzene rings is 3. The van der Waals surface area contributed by atoms with Crippen LogP contribution in [-0.2, 0) is 19.4 Å². The Balaban J connectivity index is 1.46. The van der Waals surface area contributed by atoms with Crippen LogP contribution < -0.4 is 4.90 Å². The zero-order valence-corrected chi connectivity index (χ0v) is 17.4. The molecule has 1 aliphatic heterocycles. The third-order valence-corrected chi connectivity index (χ3v) is 5.84. The van der Waals surface area contributed by atoms with Gasteiger partial charge in [0, 0.05) is 24.5 Å². The van der Waals surface area contributed by atoms with Gasteiger partial charge in [-0.05, 0) is 67.7 Å². The Labute approximate surface area is 178 Å². The second-order valence-electron chi connectivity index (χ2n) is 7.96. The first kappa shape index (κ1) is 20.2. The van der Waals surface area contributed by atoms with Gasteiger partial charge < -0.3 is 14.9 Å². The number of fused-ring (bicyclic) bond motifs is 2. The monoisotopic (exact) mass is 400 g/mol. The normalized spacial score (nSPS) is 12.9. The van der Waals surface area contributed by atoms with E-state index in [1.165, 1.54) is 22.5 Å². The van der Waals surface area contributed by atoms with Crippen molar-refractivity contribution in [3.8, 4) is 0 Å². The number of hydrogen-bond acceptors (Lipinski definition) is 3. The number of nitrogens with zero attached hydrogens (tertiary/aromatic N) is 2. The summed E-state index contributed by atoms with van der Waals surface area (Å²) in [5.41, 5.74) is 6.66. The summed E-state index contributed by atoms with van der Waals surface area (Å²) in [6.45, 7) is 2.46. The fourth-order valence-electron chi connectivity index (χ4n) is 4.35. The summed E-state index contributed by atoms with van der Waals surface area (Å²) in [5, 5.41) is 9.41. The number of carboxylic acids is 1. The van der Waals surface area contributed by atoms with Crippen LogP contribution in [0.25, 0.3) is 0 Å². The molecule has 0 aromatic heterocycles. The highest BCUT2D eigenvalue weighted by atomic mass is 16.4. The van der Waals surface area contributed by atoms with Crippen molar-refractivity contribution < 1.29 is 9.90 Å². The summed E-state index contributed by atoms with van der Waals surface area (Å²) in [7, 11) is 2.06. The van der Waals surface area contributed by atoms with Gasteiger partial charge in [0.15, 0.2) is 0 Å². The van der Waals surface area contributed by atoms with E-state index in [9.17, 15) is 9.90 Å². The average molecular weight is 401 g/mol. The van der Waals surface area contributed by atoms with Crippen LogP contribution in [0.5, 0.6) is 0 Å². The number of anilines is 2. The minimum Gasteiger partial charge on any atom is -0.478 e. The number of hydrogen-bond donors (Lipinski definition) is 1. The molecule has 1 aliphatic rings. The van der Waals surface area contributed by atoms with Crippen LogP contribution in [0.15, 0.2) is 72.8 Å². The third kappa shape index (κ3) is 4.39. The predicted octanol–water partition coefficient (Wildman–Crippen LogP) is 5.14. The van der Waals surface area contributed by atoms with E-state index in [1.807, 2.05) is 12.1 Å². The maximum atomic E-state index is 11.5. The molecule has 154 valence electrons. The Kier molecular flexibility index (Phi) is 6.15. The van der Waals surface area contributed by atoms with Crippen molar-refractivity contribution in [1.29, 1.82) is 0 Å². The van der Waals surface area contributed by atoms with Crippen molar-refractivity contribution in [2.75, 3.05) is 25.0 Å². The maximum absolute atomic E-state index is 11.5. The first-order chi connectivity index (χ1) is 14.6. The highest BCUT2D eigenvalue weighted by molar-refractivity contribution is 5.89. The van der Waals surface area contributed by atoms with Crippen molar-refractivity contribution in [2.24, 2.45) is 0 Å². The highest BCUT2D eigenvalue weighted by Crippen LogP contribution is 2.35. The molecule has 1 N–H and O–H groups in total. The van der Waals surface area contributed by atoms with Gasteiger partial charge in [-0.3, -0.25) is 0 Å². The largest absolute Gasteiger partial charge is 0.478 e.